The van der Waals surface area contributed by atoms with Crippen molar-refractivity contribution in [3.63, 3.8) is 0 Å². The number of anilines is 1. The summed E-state index contributed by atoms with van der Waals surface area (Å²) in [5.41, 5.74) is 2.17. The predicted molar refractivity (Wildman–Crippen MR) is 69.1 cm³/mol. The predicted octanol–water partition coefficient (Wildman–Crippen LogP) is 3.84. The molecular formula is C12H13ClN2S. The molecule has 0 saturated carbocycles. The van der Waals surface area contributed by atoms with Crippen LogP contribution in [-0.2, 0) is 0 Å². The molecule has 4 heteroatoms. The zero-order chi connectivity index (χ0) is 11.7. The summed E-state index contributed by atoms with van der Waals surface area (Å²) in [7, 11) is 0. The second-order valence-electron chi connectivity index (χ2n) is 4.07. The Kier molecular flexibility index (Phi) is 3.32. The van der Waals surface area contributed by atoms with Crippen molar-refractivity contribution in [3.8, 4) is 6.07 Å². The fraction of sp³-hybridized carbons (Fsp3) is 0.417. The maximum atomic E-state index is 8.78. The van der Waals surface area contributed by atoms with Gasteiger partial charge in [-0.25, -0.2) is 0 Å². The quantitative estimate of drug-likeness (QED) is 0.825. The lowest BCUT2D eigenvalue weighted by molar-refractivity contribution is 0.729. The van der Waals surface area contributed by atoms with Crippen molar-refractivity contribution in [3.05, 3.63) is 22.7 Å². The first kappa shape index (κ1) is 11.6. The Morgan fingerprint density at radius 3 is 3.00 bits per heavy atom. The van der Waals surface area contributed by atoms with Gasteiger partial charge in [0.15, 0.2) is 0 Å². The van der Waals surface area contributed by atoms with Crippen LogP contribution in [-0.4, -0.2) is 11.3 Å². The van der Waals surface area contributed by atoms with E-state index in [0.29, 0.717) is 11.7 Å². The third kappa shape index (κ3) is 2.14. The molecule has 0 saturated heterocycles. The Bertz CT molecular complexity index is 453. The third-order valence-corrected chi connectivity index (χ3v) is 4.45. The van der Waals surface area contributed by atoms with Gasteiger partial charge in [-0.05, 0) is 31.5 Å². The Morgan fingerprint density at radius 2 is 2.31 bits per heavy atom. The molecule has 1 aliphatic heterocycles. The molecule has 0 radical (unpaired) electrons. The van der Waals surface area contributed by atoms with Crippen molar-refractivity contribution in [2.24, 2.45) is 0 Å². The molecule has 84 valence electrons. The van der Waals surface area contributed by atoms with Crippen molar-refractivity contribution in [1.29, 1.82) is 5.26 Å². The fourth-order valence-corrected chi connectivity index (χ4v) is 3.52. The van der Waals surface area contributed by atoms with Gasteiger partial charge in [-0.15, -0.1) is 11.8 Å². The molecule has 2 unspecified atom stereocenters. The first-order chi connectivity index (χ1) is 7.61. The van der Waals surface area contributed by atoms with E-state index in [-0.39, 0.29) is 6.04 Å². The van der Waals surface area contributed by atoms with Crippen LogP contribution in [0.15, 0.2) is 17.0 Å². The zero-order valence-electron chi connectivity index (χ0n) is 9.25. The summed E-state index contributed by atoms with van der Waals surface area (Å²) < 4.78 is 0. The molecule has 1 aromatic carbocycles. The van der Waals surface area contributed by atoms with Crippen molar-refractivity contribution in [2.75, 3.05) is 5.32 Å². The maximum absolute atomic E-state index is 8.78. The highest BCUT2D eigenvalue weighted by Crippen LogP contribution is 2.43. The van der Waals surface area contributed by atoms with Gasteiger partial charge in [-0.1, -0.05) is 11.6 Å². The molecule has 2 atom stereocenters. The number of halogens is 1. The summed E-state index contributed by atoms with van der Waals surface area (Å²) >= 11 is 7.95. The number of nitrogens with one attached hydrogen (secondary N) is 1. The van der Waals surface area contributed by atoms with Gasteiger partial charge in [-0.2, -0.15) is 5.26 Å². The van der Waals surface area contributed by atoms with E-state index in [1.165, 1.54) is 0 Å². The topological polar surface area (TPSA) is 35.8 Å². The van der Waals surface area contributed by atoms with E-state index in [0.717, 1.165) is 21.2 Å². The van der Waals surface area contributed by atoms with Crippen molar-refractivity contribution in [2.45, 2.75) is 36.5 Å². The summed E-state index contributed by atoms with van der Waals surface area (Å²) in [6, 6.07) is 6.59. The lowest BCUT2D eigenvalue weighted by atomic mass is 10.1. The number of fused-ring (bicyclic) bond motifs is 1. The molecule has 0 aromatic heterocycles. The van der Waals surface area contributed by atoms with Gasteiger partial charge in [0.05, 0.1) is 16.8 Å². The monoisotopic (exact) mass is 252 g/mol. The molecule has 0 spiro atoms. The lowest BCUT2D eigenvalue weighted by Gasteiger charge is -2.31. The van der Waals surface area contributed by atoms with E-state index in [9.17, 15) is 0 Å². The molecule has 16 heavy (non-hydrogen) atoms. The summed E-state index contributed by atoms with van der Waals surface area (Å²) in [6.45, 7) is 4.12. The Balaban J connectivity index is 2.36. The average Bonchev–Trinajstić information content (AvgIpc) is 2.21. The Labute approximate surface area is 105 Å². The molecule has 0 bridgehead atoms. The van der Waals surface area contributed by atoms with E-state index in [1.54, 1.807) is 11.8 Å². The Hall–Kier alpha value is -0.850. The molecule has 2 nitrogen and oxygen atoms in total. The Morgan fingerprint density at radius 1 is 1.56 bits per heavy atom. The summed E-state index contributed by atoms with van der Waals surface area (Å²) in [6.07, 6.45) is 0.559. The van der Waals surface area contributed by atoms with Crippen LogP contribution in [0.1, 0.15) is 18.9 Å². The highest BCUT2D eigenvalue weighted by Gasteiger charge is 2.26. The van der Waals surface area contributed by atoms with Gasteiger partial charge in [0, 0.05) is 22.6 Å². The number of nitriles is 1. The minimum absolute atomic E-state index is 0.275. The number of rotatable bonds is 1. The summed E-state index contributed by atoms with van der Waals surface area (Å²) in [4.78, 5) is 1.16. The van der Waals surface area contributed by atoms with Crippen LogP contribution in [0.2, 0.25) is 5.02 Å². The minimum Gasteiger partial charge on any atom is -0.379 e. The fourth-order valence-electron chi connectivity index (χ4n) is 1.84. The molecule has 1 aromatic rings. The van der Waals surface area contributed by atoms with E-state index in [1.807, 2.05) is 13.0 Å². The largest absolute Gasteiger partial charge is 0.379 e. The first-order valence-electron chi connectivity index (χ1n) is 5.22. The van der Waals surface area contributed by atoms with Gasteiger partial charge >= 0.3 is 0 Å². The van der Waals surface area contributed by atoms with E-state index < -0.39 is 0 Å². The van der Waals surface area contributed by atoms with Gasteiger partial charge in [0.2, 0.25) is 0 Å². The number of hydrogen-bond donors (Lipinski definition) is 1. The van der Waals surface area contributed by atoms with Gasteiger partial charge < -0.3 is 5.32 Å². The number of hydrogen-bond acceptors (Lipinski definition) is 3. The molecule has 0 aliphatic carbocycles. The SMILES string of the molecule is Cc1cc(Cl)c2c(c1)SC(CC#N)C(C)N2. The van der Waals surface area contributed by atoms with Crippen LogP contribution in [0.5, 0.6) is 0 Å². The van der Waals surface area contributed by atoms with Crippen molar-refractivity contribution >= 4 is 29.1 Å². The molecule has 1 aliphatic rings. The third-order valence-electron chi connectivity index (χ3n) is 2.70. The number of benzene rings is 1. The van der Waals surface area contributed by atoms with Crippen molar-refractivity contribution < 1.29 is 0 Å². The van der Waals surface area contributed by atoms with E-state index in [2.05, 4.69) is 24.4 Å². The second-order valence-corrected chi connectivity index (χ2v) is 5.76. The standard InChI is InChI=1S/C12H13ClN2S/c1-7-5-9(13)12-11(6-7)16-10(3-4-14)8(2)15-12/h5-6,8,10,15H,3H2,1-2H3. The van der Waals surface area contributed by atoms with Crippen LogP contribution in [0.4, 0.5) is 5.69 Å². The van der Waals surface area contributed by atoms with Gasteiger partial charge in [0.25, 0.3) is 0 Å². The average molecular weight is 253 g/mol. The summed E-state index contributed by atoms with van der Waals surface area (Å²) in [5, 5.41) is 13.2. The van der Waals surface area contributed by atoms with Crippen LogP contribution >= 0.6 is 23.4 Å². The first-order valence-corrected chi connectivity index (χ1v) is 6.48. The van der Waals surface area contributed by atoms with E-state index in [4.69, 9.17) is 16.9 Å². The molecule has 0 amide bonds. The smallest absolute Gasteiger partial charge is 0.0670 e. The number of thioether (sulfide) groups is 1. The minimum atomic E-state index is 0.275. The zero-order valence-corrected chi connectivity index (χ0v) is 10.8. The van der Waals surface area contributed by atoms with Gasteiger partial charge in [0.1, 0.15) is 0 Å². The van der Waals surface area contributed by atoms with Crippen LogP contribution < -0.4 is 5.32 Å². The molecule has 1 N–H and O–H groups in total. The highest BCUT2D eigenvalue weighted by molar-refractivity contribution is 8.00. The van der Waals surface area contributed by atoms with Gasteiger partial charge in [-0.3, -0.25) is 0 Å². The number of aryl methyl sites for hydroxylation is 1. The van der Waals surface area contributed by atoms with E-state index >= 15 is 0 Å². The maximum Gasteiger partial charge on any atom is 0.0670 e. The molecule has 1 heterocycles. The number of nitrogens with zero attached hydrogens (tertiary/aromatic N) is 1. The summed E-state index contributed by atoms with van der Waals surface area (Å²) in [5.74, 6) is 0. The highest BCUT2D eigenvalue weighted by atomic mass is 35.5. The molecule has 0 fully saturated rings. The second kappa shape index (κ2) is 4.57. The normalized spacial score (nSPS) is 23.1. The molecule has 2 rings (SSSR count). The van der Waals surface area contributed by atoms with Crippen LogP contribution in [0, 0.1) is 18.3 Å². The molecular weight excluding hydrogens is 240 g/mol. The van der Waals surface area contributed by atoms with Crippen LogP contribution in [0.3, 0.4) is 0 Å². The van der Waals surface area contributed by atoms with Crippen molar-refractivity contribution in [1.82, 2.24) is 0 Å². The van der Waals surface area contributed by atoms with Crippen LogP contribution in [0.25, 0.3) is 0 Å². The lowest BCUT2D eigenvalue weighted by Crippen LogP contribution is -2.31.